The first kappa shape index (κ1) is 25.2. The fraction of sp³-hybridized carbons (Fsp3) is 0.647. The Hall–Kier alpha value is -0.790. The second kappa shape index (κ2) is 11.8. The SMILES string of the molecule is Cc1ccc(N2CCC(NC(=O)[C@H]3NCCO[C@@H]3C)CC2)nc1.Cl.Cl.Cl. The van der Waals surface area contributed by atoms with E-state index in [0.29, 0.717) is 6.61 Å². The minimum atomic E-state index is -0.236. The zero-order valence-electron chi connectivity index (χ0n) is 15.1. The lowest BCUT2D eigenvalue weighted by atomic mass is 10.0. The average Bonchev–Trinajstić information content (AvgIpc) is 2.57. The van der Waals surface area contributed by atoms with Crippen LogP contribution in [0.1, 0.15) is 25.3 Å². The molecule has 2 aliphatic rings. The van der Waals surface area contributed by atoms with Crippen LogP contribution in [0.2, 0.25) is 0 Å². The van der Waals surface area contributed by atoms with Gasteiger partial charge in [-0.1, -0.05) is 6.07 Å². The molecule has 2 fully saturated rings. The fourth-order valence-corrected chi connectivity index (χ4v) is 3.22. The molecule has 0 aliphatic carbocycles. The normalized spacial score (nSPS) is 23.1. The monoisotopic (exact) mass is 426 g/mol. The Bertz CT molecular complexity index is 539. The van der Waals surface area contributed by atoms with Crippen molar-refractivity contribution in [1.29, 1.82) is 0 Å². The Kier molecular flexibility index (Phi) is 11.5. The molecule has 0 saturated carbocycles. The first-order chi connectivity index (χ1) is 11.1. The van der Waals surface area contributed by atoms with Crippen molar-refractivity contribution in [2.75, 3.05) is 31.1 Å². The molecule has 6 nitrogen and oxygen atoms in total. The molecule has 0 aromatic carbocycles. The molecule has 1 aromatic heterocycles. The van der Waals surface area contributed by atoms with Crippen molar-refractivity contribution in [3.05, 3.63) is 23.9 Å². The topological polar surface area (TPSA) is 66.5 Å². The number of hydrogen-bond donors (Lipinski definition) is 2. The highest BCUT2D eigenvalue weighted by atomic mass is 35.5. The molecule has 2 N–H and O–H groups in total. The van der Waals surface area contributed by atoms with Crippen molar-refractivity contribution >= 4 is 48.9 Å². The van der Waals surface area contributed by atoms with Crippen molar-refractivity contribution < 1.29 is 9.53 Å². The predicted molar refractivity (Wildman–Crippen MR) is 111 cm³/mol. The van der Waals surface area contributed by atoms with Crippen LogP contribution in [0.25, 0.3) is 0 Å². The molecule has 2 saturated heterocycles. The molecule has 0 spiro atoms. The number of carbonyl (C=O) groups excluding carboxylic acids is 1. The van der Waals surface area contributed by atoms with E-state index in [1.54, 1.807) is 0 Å². The van der Waals surface area contributed by atoms with E-state index in [4.69, 9.17) is 4.74 Å². The van der Waals surface area contributed by atoms with Crippen LogP contribution in [0, 0.1) is 6.92 Å². The highest BCUT2D eigenvalue weighted by Gasteiger charge is 2.30. The number of aryl methyl sites for hydroxylation is 1. The van der Waals surface area contributed by atoms with Crippen LogP contribution in [0.15, 0.2) is 18.3 Å². The van der Waals surface area contributed by atoms with Gasteiger partial charge in [-0.15, -0.1) is 37.2 Å². The summed E-state index contributed by atoms with van der Waals surface area (Å²) in [6, 6.07) is 4.16. The second-order valence-electron chi connectivity index (χ2n) is 6.47. The molecule has 26 heavy (non-hydrogen) atoms. The van der Waals surface area contributed by atoms with E-state index in [9.17, 15) is 4.79 Å². The van der Waals surface area contributed by atoms with Crippen LogP contribution in [-0.2, 0) is 9.53 Å². The van der Waals surface area contributed by atoms with E-state index < -0.39 is 0 Å². The standard InChI is InChI=1S/C17H26N4O2.3ClH/c1-12-3-4-15(19-11-12)21-8-5-14(6-9-21)20-17(22)16-13(2)23-10-7-18-16;;;/h3-4,11,13-14,16,18H,5-10H2,1-2H3,(H,20,22);3*1H/t13-,16+;;;/m1.../s1. The number of ether oxygens (including phenoxy) is 1. The molecule has 0 radical (unpaired) electrons. The van der Waals surface area contributed by atoms with Crippen LogP contribution in [0.4, 0.5) is 5.82 Å². The second-order valence-corrected chi connectivity index (χ2v) is 6.47. The summed E-state index contributed by atoms with van der Waals surface area (Å²) in [6.45, 7) is 7.24. The zero-order valence-corrected chi connectivity index (χ0v) is 17.6. The summed E-state index contributed by atoms with van der Waals surface area (Å²) >= 11 is 0. The van der Waals surface area contributed by atoms with Crippen LogP contribution < -0.4 is 15.5 Å². The summed E-state index contributed by atoms with van der Waals surface area (Å²) in [6.07, 6.45) is 3.73. The van der Waals surface area contributed by atoms with Crippen molar-refractivity contribution in [3.63, 3.8) is 0 Å². The number of morpholine rings is 1. The van der Waals surface area contributed by atoms with E-state index >= 15 is 0 Å². The Morgan fingerprint density at radius 1 is 1.27 bits per heavy atom. The largest absolute Gasteiger partial charge is 0.375 e. The van der Waals surface area contributed by atoms with Gasteiger partial charge in [-0.25, -0.2) is 4.98 Å². The van der Waals surface area contributed by atoms with Gasteiger partial charge in [0.1, 0.15) is 11.9 Å². The van der Waals surface area contributed by atoms with Gasteiger partial charge >= 0.3 is 0 Å². The van der Waals surface area contributed by atoms with Crippen molar-refractivity contribution in [2.24, 2.45) is 0 Å². The number of piperidine rings is 1. The third-order valence-electron chi connectivity index (χ3n) is 4.66. The number of carbonyl (C=O) groups is 1. The van der Waals surface area contributed by atoms with Gasteiger partial charge < -0.3 is 20.3 Å². The van der Waals surface area contributed by atoms with Crippen LogP contribution in [0.3, 0.4) is 0 Å². The average molecular weight is 428 g/mol. The Morgan fingerprint density at radius 3 is 2.54 bits per heavy atom. The van der Waals surface area contributed by atoms with Crippen molar-refractivity contribution in [1.82, 2.24) is 15.6 Å². The van der Waals surface area contributed by atoms with Crippen LogP contribution in [0.5, 0.6) is 0 Å². The Balaban J connectivity index is 0.00000208. The molecule has 9 heteroatoms. The van der Waals surface area contributed by atoms with E-state index in [-0.39, 0.29) is 61.3 Å². The highest BCUT2D eigenvalue weighted by Crippen LogP contribution is 2.18. The van der Waals surface area contributed by atoms with Gasteiger partial charge in [-0.05, 0) is 38.3 Å². The van der Waals surface area contributed by atoms with Gasteiger partial charge in [-0.3, -0.25) is 4.79 Å². The number of nitrogens with one attached hydrogen (secondary N) is 2. The first-order valence-corrected chi connectivity index (χ1v) is 8.46. The Morgan fingerprint density at radius 2 is 1.96 bits per heavy atom. The fourth-order valence-electron chi connectivity index (χ4n) is 3.22. The van der Waals surface area contributed by atoms with Gasteiger partial charge in [0.2, 0.25) is 5.91 Å². The number of amides is 1. The first-order valence-electron chi connectivity index (χ1n) is 8.46. The molecule has 150 valence electrons. The summed E-state index contributed by atoms with van der Waals surface area (Å²) in [5.74, 6) is 1.08. The summed E-state index contributed by atoms with van der Waals surface area (Å²) in [4.78, 5) is 19.2. The third kappa shape index (κ3) is 6.43. The molecule has 3 heterocycles. The molecule has 3 rings (SSSR count). The van der Waals surface area contributed by atoms with Crippen LogP contribution >= 0.6 is 37.2 Å². The molecule has 2 atom stereocenters. The van der Waals surface area contributed by atoms with Gasteiger partial charge in [0.15, 0.2) is 0 Å². The number of pyridine rings is 1. The summed E-state index contributed by atoms with van der Waals surface area (Å²) < 4.78 is 5.55. The number of aromatic nitrogens is 1. The lowest BCUT2D eigenvalue weighted by molar-refractivity contribution is -0.129. The maximum Gasteiger partial charge on any atom is 0.240 e. The minimum absolute atomic E-state index is 0. The number of anilines is 1. The molecule has 2 aliphatic heterocycles. The summed E-state index contributed by atoms with van der Waals surface area (Å²) in [5.41, 5.74) is 1.17. The number of halogens is 3. The maximum atomic E-state index is 12.4. The van der Waals surface area contributed by atoms with E-state index in [1.165, 1.54) is 5.56 Å². The van der Waals surface area contributed by atoms with Gasteiger partial charge in [0.25, 0.3) is 0 Å². The highest BCUT2D eigenvalue weighted by molar-refractivity contribution is 5.86. The number of rotatable bonds is 3. The van der Waals surface area contributed by atoms with E-state index in [1.807, 2.05) is 20.0 Å². The summed E-state index contributed by atoms with van der Waals surface area (Å²) in [5, 5.41) is 6.41. The predicted octanol–water partition coefficient (Wildman–Crippen LogP) is 2.12. The van der Waals surface area contributed by atoms with Crippen LogP contribution in [-0.4, -0.2) is 55.3 Å². The number of nitrogens with zero attached hydrogens (tertiary/aromatic N) is 2. The van der Waals surface area contributed by atoms with Gasteiger partial charge in [0, 0.05) is 31.9 Å². The molecular formula is C17H29Cl3N4O2. The Labute approximate surface area is 174 Å². The van der Waals surface area contributed by atoms with E-state index in [0.717, 1.165) is 38.3 Å². The molecular weight excluding hydrogens is 399 g/mol. The molecule has 0 unspecified atom stereocenters. The van der Waals surface area contributed by atoms with Gasteiger partial charge in [-0.2, -0.15) is 0 Å². The maximum absolute atomic E-state index is 12.4. The molecule has 0 bridgehead atoms. The van der Waals surface area contributed by atoms with Crippen molar-refractivity contribution in [3.8, 4) is 0 Å². The lowest BCUT2D eigenvalue weighted by Gasteiger charge is -2.35. The lowest BCUT2D eigenvalue weighted by Crippen LogP contribution is -2.58. The number of hydrogen-bond acceptors (Lipinski definition) is 5. The van der Waals surface area contributed by atoms with Crippen molar-refractivity contribution in [2.45, 2.75) is 44.9 Å². The smallest absolute Gasteiger partial charge is 0.240 e. The quantitative estimate of drug-likeness (QED) is 0.773. The minimum Gasteiger partial charge on any atom is -0.375 e. The zero-order chi connectivity index (χ0) is 16.2. The van der Waals surface area contributed by atoms with E-state index in [2.05, 4.69) is 32.7 Å². The third-order valence-corrected chi connectivity index (χ3v) is 4.66. The summed E-state index contributed by atoms with van der Waals surface area (Å²) in [7, 11) is 0. The van der Waals surface area contributed by atoms with Gasteiger partial charge in [0.05, 0.1) is 12.7 Å². The molecule has 1 aromatic rings. The molecule has 1 amide bonds.